The topological polar surface area (TPSA) is 161 Å². The third-order valence-electron chi connectivity index (χ3n) is 7.06. The first kappa shape index (κ1) is 29.6. The number of methoxy groups -OCH3 is 1. The van der Waals surface area contributed by atoms with E-state index in [2.05, 4.69) is 10.6 Å². The Hall–Kier alpha value is -4.43. The van der Waals surface area contributed by atoms with E-state index in [1.165, 1.54) is 7.11 Å². The molecule has 214 valence electrons. The van der Waals surface area contributed by atoms with E-state index in [0.29, 0.717) is 33.7 Å². The highest BCUT2D eigenvalue weighted by molar-refractivity contribution is 5.96. The molecular formula is C31H33N3O7. The number of amides is 2. The molecule has 0 spiro atoms. The number of nitrogens with one attached hydrogen (secondary N) is 2. The fourth-order valence-electron chi connectivity index (χ4n) is 4.72. The number of aliphatic hydroxyl groups is 3. The predicted molar refractivity (Wildman–Crippen MR) is 150 cm³/mol. The lowest BCUT2D eigenvalue weighted by molar-refractivity contribution is -0.119. The van der Waals surface area contributed by atoms with E-state index in [9.17, 15) is 24.9 Å². The Bertz CT molecular complexity index is 1380. The summed E-state index contributed by atoms with van der Waals surface area (Å²) in [5, 5.41) is 44.9. The standard InChI is InChI=1S/C31H33N3O7/c1-40-27-17-20(8-15-26(27)41-31(39)23-9-6-19(18-32)7-10-23)16-25(30(37)38)34-29(36)22-11-13-24(14-12-22)33-28(35)21-4-2-3-5-21/h6-15,17,21,25,30-31,37-39H,2-5,16H2,1H3,(H,33,35)(H,34,36). The number of benzene rings is 3. The van der Waals surface area contributed by atoms with Crippen molar-refractivity contribution in [1.82, 2.24) is 5.32 Å². The van der Waals surface area contributed by atoms with Gasteiger partial charge < -0.3 is 35.4 Å². The van der Waals surface area contributed by atoms with Crippen molar-refractivity contribution >= 4 is 17.5 Å². The van der Waals surface area contributed by atoms with Crippen molar-refractivity contribution in [2.45, 2.75) is 50.7 Å². The minimum atomic E-state index is -1.84. The van der Waals surface area contributed by atoms with E-state index < -0.39 is 24.5 Å². The zero-order valence-electron chi connectivity index (χ0n) is 22.6. The van der Waals surface area contributed by atoms with Crippen LogP contribution in [0.15, 0.2) is 66.7 Å². The number of nitrogens with zero attached hydrogens (tertiary/aromatic N) is 1. The van der Waals surface area contributed by atoms with Crippen LogP contribution >= 0.6 is 0 Å². The predicted octanol–water partition coefficient (Wildman–Crippen LogP) is 3.42. The molecule has 1 aliphatic carbocycles. The third kappa shape index (κ3) is 7.83. The molecule has 2 unspecified atom stereocenters. The van der Waals surface area contributed by atoms with Gasteiger partial charge in [-0.15, -0.1) is 0 Å². The quantitative estimate of drug-likeness (QED) is 0.223. The van der Waals surface area contributed by atoms with Crippen molar-refractivity contribution in [3.8, 4) is 17.6 Å². The third-order valence-corrected chi connectivity index (χ3v) is 7.06. The summed E-state index contributed by atoms with van der Waals surface area (Å²) in [6, 6.07) is 18.5. The molecule has 3 aromatic carbocycles. The molecule has 0 bridgehead atoms. The summed E-state index contributed by atoms with van der Waals surface area (Å²) in [6.07, 6.45) is 0.804. The van der Waals surface area contributed by atoms with Gasteiger partial charge in [0.1, 0.15) is 0 Å². The molecule has 41 heavy (non-hydrogen) atoms. The summed E-state index contributed by atoms with van der Waals surface area (Å²) in [6.45, 7) is 0. The minimum absolute atomic E-state index is 0.0150. The highest BCUT2D eigenvalue weighted by Gasteiger charge is 2.24. The zero-order valence-corrected chi connectivity index (χ0v) is 22.6. The fraction of sp³-hybridized carbons (Fsp3) is 0.323. The number of hydrogen-bond donors (Lipinski definition) is 5. The van der Waals surface area contributed by atoms with Gasteiger partial charge in [0.25, 0.3) is 5.91 Å². The van der Waals surface area contributed by atoms with Crippen LogP contribution < -0.4 is 20.1 Å². The number of aliphatic hydroxyl groups excluding tert-OH is 2. The van der Waals surface area contributed by atoms with Crippen LogP contribution in [-0.2, 0) is 11.2 Å². The van der Waals surface area contributed by atoms with Crippen LogP contribution in [0.2, 0.25) is 0 Å². The number of nitriles is 1. The van der Waals surface area contributed by atoms with E-state index >= 15 is 0 Å². The maximum absolute atomic E-state index is 12.9. The average molecular weight is 560 g/mol. The van der Waals surface area contributed by atoms with Crippen molar-refractivity contribution in [2.75, 3.05) is 12.4 Å². The maximum Gasteiger partial charge on any atom is 0.251 e. The number of carbonyl (C=O) groups excluding carboxylic acids is 2. The van der Waals surface area contributed by atoms with Gasteiger partial charge in [-0.05, 0) is 73.4 Å². The second kappa shape index (κ2) is 13.8. The first-order valence-corrected chi connectivity index (χ1v) is 13.4. The number of hydrogen-bond acceptors (Lipinski definition) is 8. The van der Waals surface area contributed by atoms with Gasteiger partial charge in [0.15, 0.2) is 17.8 Å². The largest absolute Gasteiger partial charge is 0.493 e. The van der Waals surface area contributed by atoms with E-state index in [0.717, 1.165) is 25.7 Å². The molecule has 10 heteroatoms. The van der Waals surface area contributed by atoms with Crippen LogP contribution in [0.1, 0.15) is 59.0 Å². The summed E-state index contributed by atoms with van der Waals surface area (Å²) in [7, 11) is 1.43. The molecule has 5 N–H and O–H groups in total. The van der Waals surface area contributed by atoms with Gasteiger partial charge in [0, 0.05) is 22.7 Å². The molecule has 1 fully saturated rings. The second-order valence-electron chi connectivity index (χ2n) is 9.93. The number of ether oxygens (including phenoxy) is 2. The molecular weight excluding hydrogens is 526 g/mol. The van der Waals surface area contributed by atoms with Gasteiger partial charge in [0.2, 0.25) is 12.2 Å². The molecule has 0 aliphatic heterocycles. The van der Waals surface area contributed by atoms with Crippen LogP contribution in [-0.4, -0.2) is 46.6 Å². The van der Waals surface area contributed by atoms with Gasteiger partial charge in [-0.3, -0.25) is 9.59 Å². The van der Waals surface area contributed by atoms with Crippen molar-refractivity contribution in [1.29, 1.82) is 5.26 Å². The molecule has 0 heterocycles. The molecule has 0 aromatic heterocycles. The Labute approximate surface area is 238 Å². The number of rotatable bonds is 11. The Morgan fingerprint density at radius 3 is 2.27 bits per heavy atom. The van der Waals surface area contributed by atoms with Gasteiger partial charge in [-0.1, -0.05) is 31.0 Å². The first-order valence-electron chi connectivity index (χ1n) is 13.4. The molecule has 1 saturated carbocycles. The van der Waals surface area contributed by atoms with Crippen LogP contribution in [0, 0.1) is 17.2 Å². The van der Waals surface area contributed by atoms with E-state index in [1.807, 2.05) is 6.07 Å². The monoisotopic (exact) mass is 559 g/mol. The SMILES string of the molecule is COc1cc(CC(NC(=O)c2ccc(NC(=O)C3CCCC3)cc2)C(O)O)ccc1OC(O)c1ccc(C#N)cc1. The Balaban J connectivity index is 1.38. The van der Waals surface area contributed by atoms with Crippen LogP contribution in [0.4, 0.5) is 5.69 Å². The lowest BCUT2D eigenvalue weighted by Gasteiger charge is -2.22. The van der Waals surface area contributed by atoms with Gasteiger partial charge in [-0.2, -0.15) is 5.26 Å². The summed E-state index contributed by atoms with van der Waals surface area (Å²) >= 11 is 0. The Kier molecular flexibility index (Phi) is 9.92. The van der Waals surface area contributed by atoms with Gasteiger partial charge in [0.05, 0.1) is 24.8 Å². The van der Waals surface area contributed by atoms with Crippen LogP contribution in [0.25, 0.3) is 0 Å². The smallest absolute Gasteiger partial charge is 0.251 e. The average Bonchev–Trinajstić information content (AvgIpc) is 3.53. The highest BCUT2D eigenvalue weighted by atomic mass is 16.6. The molecule has 10 nitrogen and oxygen atoms in total. The lowest BCUT2D eigenvalue weighted by atomic mass is 10.0. The van der Waals surface area contributed by atoms with E-state index in [1.54, 1.807) is 66.7 Å². The normalized spacial score (nSPS) is 14.6. The van der Waals surface area contributed by atoms with E-state index in [-0.39, 0.29) is 24.0 Å². The van der Waals surface area contributed by atoms with Crippen LogP contribution in [0.5, 0.6) is 11.5 Å². The molecule has 3 aromatic rings. The number of anilines is 1. The highest BCUT2D eigenvalue weighted by Crippen LogP contribution is 2.32. The molecule has 2 atom stereocenters. The van der Waals surface area contributed by atoms with Crippen molar-refractivity contribution in [3.63, 3.8) is 0 Å². The molecule has 0 saturated heterocycles. The van der Waals surface area contributed by atoms with E-state index in [4.69, 9.17) is 14.7 Å². The summed E-state index contributed by atoms with van der Waals surface area (Å²) < 4.78 is 11.0. The van der Waals surface area contributed by atoms with Gasteiger partial charge >= 0.3 is 0 Å². The summed E-state index contributed by atoms with van der Waals surface area (Å²) in [4.78, 5) is 25.2. The van der Waals surface area contributed by atoms with Crippen molar-refractivity contribution in [3.05, 3.63) is 89.0 Å². The zero-order chi connectivity index (χ0) is 29.4. The van der Waals surface area contributed by atoms with Crippen molar-refractivity contribution < 1.29 is 34.4 Å². The van der Waals surface area contributed by atoms with Crippen LogP contribution in [0.3, 0.4) is 0 Å². The Morgan fingerprint density at radius 1 is 0.976 bits per heavy atom. The fourth-order valence-corrected chi connectivity index (χ4v) is 4.72. The number of carbonyl (C=O) groups is 2. The Morgan fingerprint density at radius 2 is 1.66 bits per heavy atom. The minimum Gasteiger partial charge on any atom is -0.493 e. The van der Waals surface area contributed by atoms with Gasteiger partial charge in [-0.25, -0.2) is 0 Å². The summed E-state index contributed by atoms with van der Waals surface area (Å²) in [5.74, 6) is 0.0472. The molecule has 1 aliphatic rings. The molecule has 4 rings (SSSR count). The first-order chi connectivity index (χ1) is 19.8. The summed E-state index contributed by atoms with van der Waals surface area (Å²) in [5.41, 5.74) is 2.41. The maximum atomic E-state index is 12.9. The molecule has 2 amide bonds. The molecule has 0 radical (unpaired) electrons. The second-order valence-corrected chi connectivity index (χ2v) is 9.93. The van der Waals surface area contributed by atoms with Crippen molar-refractivity contribution in [2.24, 2.45) is 5.92 Å². The lowest BCUT2D eigenvalue weighted by Crippen LogP contribution is -2.44.